The first kappa shape index (κ1) is 20.7. The molecule has 9 nitrogen and oxygen atoms in total. The standard InChI is InChI=1S/C20H22N6O3/c21-25-23-11-17-19(27-13-15-7-3-1-4-8-15)20(18(29-17)12-24-26-22)28-14-16-9-5-2-6-10-16/h1-10,17-20H,11-14H2/t17-,18-,19-,20-/m0/s1. The molecule has 3 rings (SSSR count). The number of benzene rings is 2. The van der Waals surface area contributed by atoms with E-state index in [1.165, 1.54) is 0 Å². The maximum absolute atomic E-state index is 8.71. The minimum absolute atomic E-state index is 0.105. The second kappa shape index (κ2) is 11.1. The van der Waals surface area contributed by atoms with E-state index in [-0.39, 0.29) is 13.1 Å². The van der Waals surface area contributed by atoms with E-state index in [1.54, 1.807) is 0 Å². The molecule has 0 saturated carbocycles. The highest BCUT2D eigenvalue weighted by molar-refractivity contribution is 5.14. The lowest BCUT2D eigenvalue weighted by molar-refractivity contribution is -0.0772. The third-order valence-corrected chi connectivity index (χ3v) is 4.63. The zero-order valence-corrected chi connectivity index (χ0v) is 15.8. The normalized spacial score (nSPS) is 23.2. The number of nitrogens with zero attached hydrogens (tertiary/aromatic N) is 6. The van der Waals surface area contributed by atoms with E-state index in [1.807, 2.05) is 60.7 Å². The highest BCUT2D eigenvalue weighted by atomic mass is 16.6. The fourth-order valence-corrected chi connectivity index (χ4v) is 3.27. The third kappa shape index (κ3) is 5.96. The number of hydrogen-bond donors (Lipinski definition) is 0. The van der Waals surface area contributed by atoms with Crippen molar-refractivity contribution in [3.63, 3.8) is 0 Å². The van der Waals surface area contributed by atoms with Gasteiger partial charge in [-0.3, -0.25) is 0 Å². The second-order valence-corrected chi connectivity index (χ2v) is 6.56. The molecule has 1 fully saturated rings. The van der Waals surface area contributed by atoms with E-state index >= 15 is 0 Å². The van der Waals surface area contributed by atoms with E-state index < -0.39 is 24.4 Å². The molecular formula is C20H22N6O3. The monoisotopic (exact) mass is 394 g/mol. The lowest BCUT2D eigenvalue weighted by atomic mass is 10.1. The van der Waals surface area contributed by atoms with E-state index in [0.29, 0.717) is 13.2 Å². The van der Waals surface area contributed by atoms with Crippen LogP contribution in [0.5, 0.6) is 0 Å². The average molecular weight is 394 g/mol. The van der Waals surface area contributed by atoms with E-state index in [9.17, 15) is 0 Å². The van der Waals surface area contributed by atoms with Gasteiger partial charge in [0.1, 0.15) is 12.2 Å². The van der Waals surface area contributed by atoms with Crippen LogP contribution in [0, 0.1) is 0 Å². The van der Waals surface area contributed by atoms with Crippen molar-refractivity contribution in [2.45, 2.75) is 37.6 Å². The van der Waals surface area contributed by atoms with Crippen LogP contribution in [0.25, 0.3) is 20.9 Å². The highest BCUT2D eigenvalue weighted by Crippen LogP contribution is 2.29. The van der Waals surface area contributed by atoms with Gasteiger partial charge in [-0.2, -0.15) is 0 Å². The number of azide groups is 2. The van der Waals surface area contributed by atoms with Crippen molar-refractivity contribution in [1.82, 2.24) is 0 Å². The van der Waals surface area contributed by atoms with Crippen molar-refractivity contribution in [1.29, 1.82) is 0 Å². The Bertz CT molecular complexity index is 782. The lowest BCUT2D eigenvalue weighted by Crippen LogP contribution is -2.39. The van der Waals surface area contributed by atoms with Crippen LogP contribution in [-0.4, -0.2) is 37.5 Å². The van der Waals surface area contributed by atoms with Gasteiger partial charge >= 0.3 is 0 Å². The molecule has 1 aliphatic rings. The van der Waals surface area contributed by atoms with Gasteiger partial charge in [-0.05, 0) is 22.2 Å². The van der Waals surface area contributed by atoms with E-state index in [0.717, 1.165) is 11.1 Å². The van der Waals surface area contributed by atoms with Crippen LogP contribution in [0.1, 0.15) is 11.1 Å². The summed E-state index contributed by atoms with van der Waals surface area (Å²) in [6.07, 6.45) is -1.92. The van der Waals surface area contributed by atoms with Crippen molar-refractivity contribution in [3.8, 4) is 0 Å². The largest absolute Gasteiger partial charge is 0.369 e. The van der Waals surface area contributed by atoms with Crippen LogP contribution >= 0.6 is 0 Å². The molecule has 0 aromatic heterocycles. The molecule has 2 aromatic rings. The Labute approximate surface area is 168 Å². The zero-order chi connectivity index (χ0) is 20.3. The fourth-order valence-electron chi connectivity index (χ4n) is 3.27. The van der Waals surface area contributed by atoms with Crippen LogP contribution in [0.4, 0.5) is 0 Å². The molecule has 1 heterocycles. The molecule has 0 radical (unpaired) electrons. The smallest absolute Gasteiger partial charge is 0.113 e. The third-order valence-electron chi connectivity index (χ3n) is 4.63. The fraction of sp³-hybridized carbons (Fsp3) is 0.400. The van der Waals surface area contributed by atoms with E-state index in [4.69, 9.17) is 25.3 Å². The number of ether oxygens (including phenoxy) is 3. The van der Waals surface area contributed by atoms with Crippen molar-refractivity contribution in [3.05, 3.63) is 92.7 Å². The summed E-state index contributed by atoms with van der Waals surface area (Å²) in [7, 11) is 0. The van der Waals surface area contributed by atoms with Crippen molar-refractivity contribution >= 4 is 0 Å². The molecule has 4 atom stereocenters. The highest BCUT2D eigenvalue weighted by Gasteiger charge is 2.45. The maximum Gasteiger partial charge on any atom is 0.113 e. The Kier molecular flexibility index (Phi) is 7.89. The predicted molar refractivity (Wildman–Crippen MR) is 107 cm³/mol. The molecule has 0 bridgehead atoms. The minimum Gasteiger partial charge on any atom is -0.369 e. The van der Waals surface area contributed by atoms with Crippen LogP contribution < -0.4 is 0 Å². The van der Waals surface area contributed by atoms with Gasteiger partial charge in [0, 0.05) is 9.82 Å². The molecule has 150 valence electrons. The summed E-state index contributed by atoms with van der Waals surface area (Å²) in [6.45, 7) is 0.935. The molecule has 29 heavy (non-hydrogen) atoms. The molecular weight excluding hydrogens is 372 g/mol. The SMILES string of the molecule is [N-]=[N+]=NC[C@@H]1O[C@@H](CN=[N+]=[N-])[C@H](OCc2ccccc2)[C@H]1OCc1ccccc1. The maximum atomic E-state index is 8.71. The topological polar surface area (TPSA) is 125 Å². The molecule has 0 unspecified atom stereocenters. The first-order valence-corrected chi connectivity index (χ1v) is 9.30. The minimum atomic E-state index is -0.491. The zero-order valence-electron chi connectivity index (χ0n) is 15.8. The van der Waals surface area contributed by atoms with Crippen molar-refractivity contribution in [2.24, 2.45) is 10.2 Å². The summed E-state index contributed by atoms with van der Waals surface area (Å²) in [6, 6.07) is 19.5. The number of rotatable bonds is 10. The Morgan fingerprint density at radius 2 is 1.14 bits per heavy atom. The van der Waals surface area contributed by atoms with Gasteiger partial charge < -0.3 is 14.2 Å². The van der Waals surface area contributed by atoms with Gasteiger partial charge in [-0.15, -0.1) is 0 Å². The van der Waals surface area contributed by atoms with Gasteiger partial charge in [-0.25, -0.2) is 0 Å². The van der Waals surface area contributed by atoms with Gasteiger partial charge in [0.2, 0.25) is 0 Å². The molecule has 0 N–H and O–H groups in total. The molecule has 0 spiro atoms. The quantitative estimate of drug-likeness (QED) is 0.333. The number of hydrogen-bond acceptors (Lipinski definition) is 5. The molecule has 1 aliphatic heterocycles. The summed E-state index contributed by atoms with van der Waals surface area (Å²) < 4.78 is 18.3. The van der Waals surface area contributed by atoms with Crippen LogP contribution in [0.3, 0.4) is 0 Å². The molecule has 0 amide bonds. The first-order valence-electron chi connectivity index (χ1n) is 9.30. The Balaban J connectivity index is 1.76. The Hall–Kier alpha value is -3.06. The second-order valence-electron chi connectivity index (χ2n) is 6.56. The lowest BCUT2D eigenvalue weighted by Gasteiger charge is -2.24. The molecule has 2 aromatic carbocycles. The van der Waals surface area contributed by atoms with Gasteiger partial charge in [0.15, 0.2) is 0 Å². The summed E-state index contributed by atoms with van der Waals surface area (Å²) >= 11 is 0. The van der Waals surface area contributed by atoms with Crippen LogP contribution in [0.15, 0.2) is 70.9 Å². The summed E-state index contributed by atoms with van der Waals surface area (Å²) in [5.41, 5.74) is 19.4. The Morgan fingerprint density at radius 3 is 1.52 bits per heavy atom. The average Bonchev–Trinajstić information content (AvgIpc) is 3.11. The summed E-state index contributed by atoms with van der Waals surface area (Å²) in [5.74, 6) is 0. The van der Waals surface area contributed by atoms with Crippen LogP contribution in [0.2, 0.25) is 0 Å². The Morgan fingerprint density at radius 1 is 0.724 bits per heavy atom. The van der Waals surface area contributed by atoms with E-state index in [2.05, 4.69) is 20.1 Å². The van der Waals surface area contributed by atoms with Gasteiger partial charge in [-0.1, -0.05) is 70.9 Å². The first-order chi connectivity index (χ1) is 14.3. The van der Waals surface area contributed by atoms with Crippen LogP contribution in [-0.2, 0) is 27.4 Å². The van der Waals surface area contributed by atoms with Gasteiger partial charge in [0.05, 0.1) is 38.5 Å². The summed E-state index contributed by atoms with van der Waals surface area (Å²) in [5, 5.41) is 7.29. The van der Waals surface area contributed by atoms with Gasteiger partial charge in [0.25, 0.3) is 0 Å². The van der Waals surface area contributed by atoms with Crippen molar-refractivity contribution < 1.29 is 14.2 Å². The molecule has 0 aliphatic carbocycles. The molecule has 1 saturated heterocycles. The summed E-state index contributed by atoms with van der Waals surface area (Å²) in [4.78, 5) is 5.65. The van der Waals surface area contributed by atoms with Crippen molar-refractivity contribution in [2.75, 3.05) is 13.1 Å². The molecule has 9 heteroatoms. The predicted octanol–water partition coefficient (Wildman–Crippen LogP) is 4.55.